The Balaban J connectivity index is 2.09. The summed E-state index contributed by atoms with van der Waals surface area (Å²) in [6, 6.07) is 7.03. The largest absolute Gasteiger partial charge is 0.374 e. The minimum absolute atomic E-state index is 0.124. The number of likely N-dealkylation sites (N-methyl/N-ethyl adjacent to an activating group) is 1. The summed E-state index contributed by atoms with van der Waals surface area (Å²) in [5.41, 5.74) is 0.891. The van der Waals surface area contributed by atoms with Crippen molar-refractivity contribution >= 4 is 0 Å². The number of nitrogens with one attached hydrogen (secondary N) is 1. The molecule has 1 saturated heterocycles. The van der Waals surface area contributed by atoms with Crippen molar-refractivity contribution < 1.29 is 9.13 Å². The van der Waals surface area contributed by atoms with Gasteiger partial charge in [0, 0.05) is 12.6 Å². The minimum atomic E-state index is -0.171. The zero-order valence-corrected chi connectivity index (χ0v) is 10.5. The Morgan fingerprint density at radius 2 is 2.35 bits per heavy atom. The van der Waals surface area contributed by atoms with E-state index in [0.717, 1.165) is 31.4 Å². The normalized spacial score (nSPS) is 26.1. The third-order valence-corrected chi connectivity index (χ3v) is 3.66. The monoisotopic (exact) mass is 237 g/mol. The Kier molecular flexibility index (Phi) is 3.79. The first kappa shape index (κ1) is 12.5. The first-order valence-electron chi connectivity index (χ1n) is 6.20. The van der Waals surface area contributed by atoms with E-state index in [9.17, 15) is 4.39 Å². The molecule has 0 spiro atoms. The predicted molar refractivity (Wildman–Crippen MR) is 66.5 cm³/mol. The van der Waals surface area contributed by atoms with E-state index < -0.39 is 0 Å². The maximum Gasteiger partial charge on any atom is 0.123 e. The van der Waals surface area contributed by atoms with Crippen LogP contribution in [-0.4, -0.2) is 25.3 Å². The summed E-state index contributed by atoms with van der Waals surface area (Å²) in [6.07, 6.45) is 2.97. The molecule has 3 heteroatoms. The van der Waals surface area contributed by atoms with E-state index in [2.05, 4.69) is 12.2 Å². The van der Waals surface area contributed by atoms with Crippen LogP contribution in [0.4, 0.5) is 4.39 Å². The zero-order valence-electron chi connectivity index (χ0n) is 10.5. The highest BCUT2D eigenvalue weighted by Gasteiger charge is 2.37. The Morgan fingerprint density at radius 3 is 2.94 bits per heavy atom. The molecule has 0 saturated carbocycles. The van der Waals surface area contributed by atoms with Crippen molar-refractivity contribution in [3.63, 3.8) is 0 Å². The third kappa shape index (κ3) is 2.85. The summed E-state index contributed by atoms with van der Waals surface area (Å²) in [4.78, 5) is 0. The molecule has 2 nitrogen and oxygen atoms in total. The lowest BCUT2D eigenvalue weighted by Gasteiger charge is -2.33. The van der Waals surface area contributed by atoms with Crippen molar-refractivity contribution in [3.8, 4) is 0 Å². The van der Waals surface area contributed by atoms with E-state index in [1.54, 1.807) is 12.1 Å². The van der Waals surface area contributed by atoms with Gasteiger partial charge in [-0.1, -0.05) is 12.1 Å². The Labute approximate surface area is 102 Å². The second-order valence-corrected chi connectivity index (χ2v) is 4.94. The van der Waals surface area contributed by atoms with Gasteiger partial charge in [0.1, 0.15) is 5.82 Å². The van der Waals surface area contributed by atoms with Crippen LogP contribution < -0.4 is 5.32 Å². The van der Waals surface area contributed by atoms with E-state index in [-0.39, 0.29) is 17.5 Å². The molecular formula is C14H20FNO. The fraction of sp³-hybridized carbons (Fsp3) is 0.571. The Bertz CT molecular complexity index is 374. The molecule has 2 unspecified atom stereocenters. The van der Waals surface area contributed by atoms with Crippen LogP contribution in [0.25, 0.3) is 0 Å². The molecule has 0 amide bonds. The molecule has 0 aromatic heterocycles. The SMILES string of the molecule is CNC(Cc1cccc(F)c1)C1(C)CCCO1. The topological polar surface area (TPSA) is 21.3 Å². The molecular weight excluding hydrogens is 217 g/mol. The summed E-state index contributed by atoms with van der Waals surface area (Å²) >= 11 is 0. The maximum atomic E-state index is 13.1. The van der Waals surface area contributed by atoms with Crippen molar-refractivity contribution in [1.29, 1.82) is 0 Å². The van der Waals surface area contributed by atoms with Crippen LogP contribution in [0, 0.1) is 5.82 Å². The summed E-state index contributed by atoms with van der Waals surface area (Å²) in [6.45, 7) is 2.97. The molecule has 0 aliphatic carbocycles. The van der Waals surface area contributed by atoms with E-state index in [4.69, 9.17) is 4.74 Å². The van der Waals surface area contributed by atoms with Crippen molar-refractivity contribution in [1.82, 2.24) is 5.32 Å². The molecule has 1 fully saturated rings. The second-order valence-electron chi connectivity index (χ2n) is 4.94. The Morgan fingerprint density at radius 1 is 1.53 bits per heavy atom. The molecule has 1 heterocycles. The van der Waals surface area contributed by atoms with Gasteiger partial charge in [-0.25, -0.2) is 4.39 Å². The number of benzene rings is 1. The highest BCUT2D eigenvalue weighted by atomic mass is 19.1. The molecule has 1 N–H and O–H groups in total. The zero-order chi connectivity index (χ0) is 12.3. The van der Waals surface area contributed by atoms with E-state index in [1.807, 2.05) is 13.1 Å². The predicted octanol–water partition coefficient (Wildman–Crippen LogP) is 2.53. The number of ether oxygens (including phenoxy) is 1. The van der Waals surface area contributed by atoms with E-state index in [1.165, 1.54) is 6.07 Å². The van der Waals surface area contributed by atoms with Gasteiger partial charge in [0.05, 0.1) is 5.60 Å². The molecule has 2 rings (SSSR count). The molecule has 17 heavy (non-hydrogen) atoms. The van der Waals surface area contributed by atoms with Gasteiger partial charge in [0.15, 0.2) is 0 Å². The highest BCUT2D eigenvalue weighted by Crippen LogP contribution is 2.30. The first-order chi connectivity index (χ1) is 8.14. The van der Waals surface area contributed by atoms with Gasteiger partial charge in [-0.15, -0.1) is 0 Å². The van der Waals surface area contributed by atoms with Crippen molar-refractivity contribution in [2.75, 3.05) is 13.7 Å². The standard InChI is InChI=1S/C14H20FNO/c1-14(7-4-8-17-14)13(16-2)10-11-5-3-6-12(15)9-11/h3,5-6,9,13,16H,4,7-8,10H2,1-2H3. The van der Waals surface area contributed by atoms with Crippen molar-refractivity contribution in [2.24, 2.45) is 0 Å². The van der Waals surface area contributed by atoms with Gasteiger partial charge in [-0.05, 0) is 50.9 Å². The molecule has 1 aromatic rings. The van der Waals surface area contributed by atoms with Crippen LogP contribution in [0.5, 0.6) is 0 Å². The lowest BCUT2D eigenvalue weighted by Crippen LogP contribution is -2.48. The fourth-order valence-corrected chi connectivity index (χ4v) is 2.60. The van der Waals surface area contributed by atoms with Crippen LogP contribution in [-0.2, 0) is 11.2 Å². The first-order valence-corrected chi connectivity index (χ1v) is 6.20. The summed E-state index contributed by atoms with van der Waals surface area (Å²) < 4.78 is 19.0. The van der Waals surface area contributed by atoms with Gasteiger partial charge < -0.3 is 10.1 Å². The van der Waals surface area contributed by atoms with Gasteiger partial charge in [-0.3, -0.25) is 0 Å². The molecule has 0 radical (unpaired) electrons. The average molecular weight is 237 g/mol. The van der Waals surface area contributed by atoms with Crippen molar-refractivity contribution in [2.45, 2.75) is 37.8 Å². The molecule has 2 atom stereocenters. The van der Waals surface area contributed by atoms with Gasteiger partial charge >= 0.3 is 0 Å². The van der Waals surface area contributed by atoms with Crippen molar-refractivity contribution in [3.05, 3.63) is 35.6 Å². The number of rotatable bonds is 4. The fourth-order valence-electron chi connectivity index (χ4n) is 2.60. The summed E-state index contributed by atoms with van der Waals surface area (Å²) in [5.74, 6) is -0.171. The maximum absolute atomic E-state index is 13.1. The lowest BCUT2D eigenvalue weighted by atomic mass is 9.88. The second kappa shape index (κ2) is 5.15. The van der Waals surface area contributed by atoms with Crippen LogP contribution in [0.2, 0.25) is 0 Å². The Hall–Kier alpha value is -0.930. The van der Waals surface area contributed by atoms with Crippen LogP contribution in [0.15, 0.2) is 24.3 Å². The number of halogens is 1. The van der Waals surface area contributed by atoms with Gasteiger partial charge in [0.2, 0.25) is 0 Å². The van der Waals surface area contributed by atoms with E-state index in [0.29, 0.717) is 0 Å². The number of hydrogen-bond acceptors (Lipinski definition) is 2. The number of hydrogen-bond donors (Lipinski definition) is 1. The van der Waals surface area contributed by atoms with Gasteiger partial charge in [-0.2, -0.15) is 0 Å². The van der Waals surface area contributed by atoms with Crippen LogP contribution in [0.1, 0.15) is 25.3 Å². The smallest absolute Gasteiger partial charge is 0.123 e. The summed E-state index contributed by atoms with van der Waals surface area (Å²) in [5, 5.41) is 3.30. The summed E-state index contributed by atoms with van der Waals surface area (Å²) in [7, 11) is 1.94. The lowest BCUT2D eigenvalue weighted by molar-refractivity contribution is -0.00945. The van der Waals surface area contributed by atoms with Crippen LogP contribution in [0.3, 0.4) is 0 Å². The van der Waals surface area contributed by atoms with Gasteiger partial charge in [0.25, 0.3) is 0 Å². The van der Waals surface area contributed by atoms with E-state index >= 15 is 0 Å². The molecule has 1 aliphatic rings. The molecule has 0 bridgehead atoms. The minimum Gasteiger partial charge on any atom is -0.374 e. The molecule has 1 aliphatic heterocycles. The molecule has 94 valence electrons. The third-order valence-electron chi connectivity index (χ3n) is 3.66. The highest BCUT2D eigenvalue weighted by molar-refractivity contribution is 5.18. The quantitative estimate of drug-likeness (QED) is 0.869. The molecule has 1 aromatic carbocycles. The van der Waals surface area contributed by atoms with Crippen LogP contribution >= 0.6 is 0 Å². The average Bonchev–Trinajstić information content (AvgIpc) is 2.74.